The molecule has 1 saturated heterocycles. The highest BCUT2D eigenvalue weighted by Crippen LogP contribution is 2.29. The van der Waals surface area contributed by atoms with E-state index in [0.717, 1.165) is 42.0 Å². The van der Waals surface area contributed by atoms with E-state index in [4.69, 9.17) is 10.5 Å². The largest absolute Gasteiger partial charge is 0.496 e. The summed E-state index contributed by atoms with van der Waals surface area (Å²) in [4.78, 5) is 2.44. The molecule has 0 saturated carbocycles. The van der Waals surface area contributed by atoms with Crippen molar-refractivity contribution in [2.75, 3.05) is 33.3 Å². The molecule has 5 heteroatoms. The van der Waals surface area contributed by atoms with Crippen LogP contribution in [0.3, 0.4) is 0 Å². The first kappa shape index (κ1) is 14.8. The summed E-state index contributed by atoms with van der Waals surface area (Å²) >= 11 is 3.52. The van der Waals surface area contributed by atoms with Gasteiger partial charge in [-0.15, -0.1) is 0 Å². The summed E-state index contributed by atoms with van der Waals surface area (Å²) in [5.74, 6) is 0.839. The van der Waals surface area contributed by atoms with Gasteiger partial charge in [-0.25, -0.2) is 0 Å². The van der Waals surface area contributed by atoms with Gasteiger partial charge in [0.05, 0.1) is 11.6 Å². The van der Waals surface area contributed by atoms with Gasteiger partial charge in [-0.1, -0.05) is 6.07 Å². The summed E-state index contributed by atoms with van der Waals surface area (Å²) in [5, 5.41) is 3.37. The molecule has 19 heavy (non-hydrogen) atoms. The van der Waals surface area contributed by atoms with Crippen molar-refractivity contribution in [3.63, 3.8) is 0 Å². The average molecular weight is 328 g/mol. The van der Waals surface area contributed by atoms with Crippen LogP contribution < -0.4 is 15.8 Å². The van der Waals surface area contributed by atoms with Crippen molar-refractivity contribution in [2.24, 2.45) is 5.73 Å². The van der Waals surface area contributed by atoms with Gasteiger partial charge < -0.3 is 15.8 Å². The van der Waals surface area contributed by atoms with Gasteiger partial charge in [0.25, 0.3) is 0 Å². The lowest BCUT2D eigenvalue weighted by molar-refractivity contribution is 0.163. The van der Waals surface area contributed by atoms with Gasteiger partial charge in [-0.3, -0.25) is 4.90 Å². The number of hydrogen-bond acceptors (Lipinski definition) is 4. The predicted octanol–water partition coefficient (Wildman–Crippen LogP) is 1.75. The van der Waals surface area contributed by atoms with Crippen molar-refractivity contribution in [1.82, 2.24) is 10.2 Å². The van der Waals surface area contributed by atoms with Crippen LogP contribution in [0.25, 0.3) is 0 Å². The Hall–Kier alpha value is -0.620. The third kappa shape index (κ3) is 3.48. The Kier molecular flexibility index (Phi) is 5.21. The molecule has 1 aromatic carbocycles. The van der Waals surface area contributed by atoms with Crippen LogP contribution >= 0.6 is 15.9 Å². The maximum absolute atomic E-state index is 6.41. The van der Waals surface area contributed by atoms with Crippen molar-refractivity contribution in [1.29, 1.82) is 0 Å². The molecule has 3 N–H and O–H groups in total. The lowest BCUT2D eigenvalue weighted by Crippen LogP contribution is -2.50. The Morgan fingerprint density at radius 1 is 1.37 bits per heavy atom. The number of benzene rings is 1. The van der Waals surface area contributed by atoms with Crippen LogP contribution in [0.5, 0.6) is 5.75 Å². The fourth-order valence-corrected chi connectivity index (χ4v) is 3.04. The molecule has 0 aliphatic carbocycles. The molecular formula is C14H22BrN3O. The van der Waals surface area contributed by atoms with Gasteiger partial charge in [0.15, 0.2) is 0 Å². The second-order valence-electron chi connectivity index (χ2n) is 4.95. The van der Waals surface area contributed by atoms with Crippen LogP contribution in [0.2, 0.25) is 0 Å². The topological polar surface area (TPSA) is 50.5 Å². The van der Waals surface area contributed by atoms with Crippen LogP contribution in [0.4, 0.5) is 0 Å². The summed E-state index contributed by atoms with van der Waals surface area (Å²) in [5.41, 5.74) is 7.54. The fourth-order valence-electron chi connectivity index (χ4n) is 2.49. The Morgan fingerprint density at radius 2 is 2.05 bits per heavy atom. The SMILES string of the molecule is COc1ccc(C(N)C(C)N2CCNCC2)cc1Br. The van der Waals surface area contributed by atoms with Crippen molar-refractivity contribution in [3.05, 3.63) is 28.2 Å². The number of halogens is 1. The minimum atomic E-state index is 0.0142. The van der Waals surface area contributed by atoms with Crippen molar-refractivity contribution < 1.29 is 4.74 Å². The Balaban J connectivity index is 2.09. The van der Waals surface area contributed by atoms with Crippen LogP contribution in [-0.4, -0.2) is 44.2 Å². The zero-order valence-electron chi connectivity index (χ0n) is 11.5. The van der Waals surface area contributed by atoms with Gasteiger partial charge in [0, 0.05) is 38.3 Å². The number of nitrogens with two attached hydrogens (primary N) is 1. The summed E-state index contributed by atoms with van der Waals surface area (Å²) in [6.45, 7) is 6.42. The molecular weight excluding hydrogens is 306 g/mol. The van der Waals surface area contributed by atoms with Gasteiger partial charge in [-0.2, -0.15) is 0 Å². The lowest BCUT2D eigenvalue weighted by atomic mass is 9.99. The van der Waals surface area contributed by atoms with Crippen LogP contribution in [0.1, 0.15) is 18.5 Å². The Labute approximate surface area is 123 Å². The molecule has 1 heterocycles. The van der Waals surface area contributed by atoms with Crippen LogP contribution in [-0.2, 0) is 0 Å². The highest BCUT2D eigenvalue weighted by Gasteiger charge is 2.23. The predicted molar refractivity (Wildman–Crippen MR) is 81.5 cm³/mol. The summed E-state index contributed by atoms with van der Waals surface area (Å²) in [7, 11) is 1.67. The molecule has 106 valence electrons. The molecule has 0 spiro atoms. The molecule has 0 aromatic heterocycles. The summed E-state index contributed by atoms with van der Waals surface area (Å²) in [6, 6.07) is 6.42. The van der Waals surface area contributed by atoms with E-state index < -0.39 is 0 Å². The third-order valence-electron chi connectivity index (χ3n) is 3.81. The first-order valence-corrected chi connectivity index (χ1v) is 7.46. The van der Waals surface area contributed by atoms with Crippen LogP contribution in [0.15, 0.2) is 22.7 Å². The number of nitrogens with zero attached hydrogens (tertiary/aromatic N) is 1. The molecule has 0 bridgehead atoms. The Morgan fingerprint density at radius 3 is 2.63 bits per heavy atom. The van der Waals surface area contributed by atoms with Crippen molar-refractivity contribution in [3.8, 4) is 5.75 Å². The second-order valence-corrected chi connectivity index (χ2v) is 5.80. The number of ether oxygens (including phenoxy) is 1. The monoisotopic (exact) mass is 327 g/mol. The highest BCUT2D eigenvalue weighted by atomic mass is 79.9. The van der Waals surface area contributed by atoms with E-state index in [9.17, 15) is 0 Å². The molecule has 2 rings (SSSR count). The smallest absolute Gasteiger partial charge is 0.133 e. The van der Waals surface area contributed by atoms with Crippen molar-refractivity contribution >= 4 is 15.9 Å². The number of nitrogens with one attached hydrogen (secondary N) is 1. The van der Waals surface area contributed by atoms with Crippen LogP contribution in [0, 0.1) is 0 Å². The minimum Gasteiger partial charge on any atom is -0.496 e. The standard InChI is InChI=1S/C14H22BrN3O/c1-10(18-7-5-17-6-8-18)14(16)11-3-4-13(19-2)12(15)9-11/h3-4,9-10,14,17H,5-8,16H2,1-2H3. The maximum Gasteiger partial charge on any atom is 0.133 e. The zero-order chi connectivity index (χ0) is 13.8. The molecule has 1 aliphatic heterocycles. The first-order valence-electron chi connectivity index (χ1n) is 6.67. The van der Waals surface area contributed by atoms with Gasteiger partial charge in [0.2, 0.25) is 0 Å². The molecule has 4 nitrogen and oxygen atoms in total. The minimum absolute atomic E-state index is 0.0142. The normalized spacial score (nSPS) is 20.0. The van der Waals surface area contributed by atoms with Gasteiger partial charge >= 0.3 is 0 Å². The third-order valence-corrected chi connectivity index (χ3v) is 4.43. The fraction of sp³-hybridized carbons (Fsp3) is 0.571. The number of methoxy groups -OCH3 is 1. The molecule has 0 radical (unpaired) electrons. The van der Waals surface area contributed by atoms with Gasteiger partial charge in [-0.05, 0) is 40.5 Å². The molecule has 1 aromatic rings. The number of hydrogen-bond donors (Lipinski definition) is 2. The summed E-state index contributed by atoms with van der Waals surface area (Å²) < 4.78 is 6.20. The van der Waals surface area contributed by atoms with E-state index >= 15 is 0 Å². The number of piperazine rings is 1. The second kappa shape index (κ2) is 6.70. The summed E-state index contributed by atoms with van der Waals surface area (Å²) in [6.07, 6.45) is 0. The number of rotatable bonds is 4. The maximum atomic E-state index is 6.41. The van der Waals surface area contributed by atoms with E-state index in [1.807, 2.05) is 12.1 Å². The molecule has 2 unspecified atom stereocenters. The quantitative estimate of drug-likeness (QED) is 0.884. The Bertz CT molecular complexity index is 421. The zero-order valence-corrected chi connectivity index (χ0v) is 13.1. The first-order chi connectivity index (χ1) is 9.13. The van der Waals surface area contributed by atoms with E-state index in [0.29, 0.717) is 6.04 Å². The average Bonchev–Trinajstić information content (AvgIpc) is 2.46. The lowest BCUT2D eigenvalue weighted by Gasteiger charge is -2.36. The van der Waals surface area contributed by atoms with Gasteiger partial charge in [0.1, 0.15) is 5.75 Å². The molecule has 1 aliphatic rings. The van der Waals surface area contributed by atoms with E-state index in [1.165, 1.54) is 0 Å². The molecule has 0 amide bonds. The van der Waals surface area contributed by atoms with E-state index in [-0.39, 0.29) is 6.04 Å². The molecule has 1 fully saturated rings. The highest BCUT2D eigenvalue weighted by molar-refractivity contribution is 9.10. The van der Waals surface area contributed by atoms with E-state index in [2.05, 4.69) is 39.1 Å². The molecule has 2 atom stereocenters. The van der Waals surface area contributed by atoms with E-state index in [1.54, 1.807) is 7.11 Å². The van der Waals surface area contributed by atoms with Crippen molar-refractivity contribution in [2.45, 2.75) is 19.0 Å².